The van der Waals surface area contributed by atoms with E-state index in [0.717, 1.165) is 30.6 Å². The molecule has 20 heavy (non-hydrogen) atoms. The Balaban J connectivity index is 2.08. The minimum atomic E-state index is 0.0170. The van der Waals surface area contributed by atoms with Gasteiger partial charge in [-0.3, -0.25) is 4.79 Å². The van der Waals surface area contributed by atoms with Crippen molar-refractivity contribution in [3.05, 3.63) is 28.8 Å². The van der Waals surface area contributed by atoms with E-state index in [4.69, 9.17) is 10.5 Å². The Morgan fingerprint density at radius 3 is 2.75 bits per heavy atom. The van der Waals surface area contributed by atoms with Gasteiger partial charge in [-0.2, -0.15) is 0 Å². The molecule has 0 aliphatic carbocycles. The molecule has 1 atom stereocenters. The molecular weight excluding hydrogens is 252 g/mol. The maximum absolute atomic E-state index is 12.5. The summed E-state index contributed by atoms with van der Waals surface area (Å²) in [7, 11) is 1.83. The summed E-state index contributed by atoms with van der Waals surface area (Å²) in [6.45, 7) is 5.36. The molecular formula is C16H24N2O2. The molecule has 0 bridgehead atoms. The van der Waals surface area contributed by atoms with Gasteiger partial charge in [0.15, 0.2) is 0 Å². The van der Waals surface area contributed by atoms with Gasteiger partial charge >= 0.3 is 0 Å². The zero-order chi connectivity index (χ0) is 14.7. The van der Waals surface area contributed by atoms with Gasteiger partial charge in [0.1, 0.15) is 0 Å². The fraction of sp³-hybridized carbons (Fsp3) is 0.562. The number of hydrogen-bond donors (Lipinski definition) is 1. The van der Waals surface area contributed by atoms with Crippen LogP contribution in [0.1, 0.15) is 40.7 Å². The predicted octanol–water partition coefficient (Wildman–Crippen LogP) is 2.53. The molecule has 1 fully saturated rings. The van der Waals surface area contributed by atoms with Crippen LogP contribution in [-0.4, -0.2) is 37.1 Å². The molecule has 0 aromatic heterocycles. The van der Waals surface area contributed by atoms with E-state index in [-0.39, 0.29) is 12.0 Å². The van der Waals surface area contributed by atoms with Gasteiger partial charge < -0.3 is 15.4 Å². The average molecular weight is 276 g/mol. The normalized spacial score (nSPS) is 18.9. The van der Waals surface area contributed by atoms with E-state index in [1.807, 2.05) is 27.0 Å². The fourth-order valence-corrected chi connectivity index (χ4v) is 2.64. The SMILES string of the molecule is Cc1cc(C)c(C(=O)N(C)CC2CCCCO2)cc1N. The number of anilines is 1. The Hall–Kier alpha value is -1.55. The summed E-state index contributed by atoms with van der Waals surface area (Å²) in [6.07, 6.45) is 3.51. The van der Waals surface area contributed by atoms with Crippen molar-refractivity contribution < 1.29 is 9.53 Å². The Labute approximate surface area is 120 Å². The summed E-state index contributed by atoms with van der Waals surface area (Å²) in [4.78, 5) is 14.3. The third-order valence-corrected chi connectivity index (χ3v) is 3.94. The van der Waals surface area contributed by atoms with Crippen LogP contribution in [0.2, 0.25) is 0 Å². The fourth-order valence-electron chi connectivity index (χ4n) is 2.64. The summed E-state index contributed by atoms with van der Waals surface area (Å²) in [5.74, 6) is 0.0170. The first kappa shape index (κ1) is 14.9. The molecule has 1 unspecified atom stereocenters. The van der Waals surface area contributed by atoms with Crippen LogP contribution in [0.5, 0.6) is 0 Å². The van der Waals surface area contributed by atoms with E-state index in [2.05, 4.69) is 0 Å². The van der Waals surface area contributed by atoms with Crippen LogP contribution in [0.15, 0.2) is 12.1 Å². The quantitative estimate of drug-likeness (QED) is 0.863. The molecule has 4 nitrogen and oxygen atoms in total. The van der Waals surface area contributed by atoms with E-state index < -0.39 is 0 Å². The van der Waals surface area contributed by atoms with Crippen LogP contribution in [0, 0.1) is 13.8 Å². The highest BCUT2D eigenvalue weighted by molar-refractivity contribution is 5.96. The van der Waals surface area contributed by atoms with Gasteiger partial charge in [0, 0.05) is 31.5 Å². The molecule has 1 aromatic carbocycles. The van der Waals surface area contributed by atoms with Crippen LogP contribution in [-0.2, 0) is 4.74 Å². The van der Waals surface area contributed by atoms with Crippen LogP contribution in [0.4, 0.5) is 5.69 Å². The number of rotatable bonds is 3. The molecule has 1 heterocycles. The number of amides is 1. The van der Waals surface area contributed by atoms with E-state index >= 15 is 0 Å². The molecule has 1 aliphatic heterocycles. The number of nitrogen functional groups attached to an aromatic ring is 1. The van der Waals surface area contributed by atoms with Crippen molar-refractivity contribution in [2.24, 2.45) is 0 Å². The van der Waals surface area contributed by atoms with Gasteiger partial charge in [0.25, 0.3) is 5.91 Å². The summed E-state index contributed by atoms with van der Waals surface area (Å²) in [5, 5.41) is 0. The highest BCUT2D eigenvalue weighted by atomic mass is 16.5. The van der Waals surface area contributed by atoms with Crippen molar-refractivity contribution in [3.8, 4) is 0 Å². The standard InChI is InChI=1S/C16H24N2O2/c1-11-8-12(2)15(17)9-14(11)16(19)18(3)10-13-6-4-5-7-20-13/h8-9,13H,4-7,10,17H2,1-3H3. The first-order chi connectivity index (χ1) is 9.49. The lowest BCUT2D eigenvalue weighted by Crippen LogP contribution is -2.37. The van der Waals surface area contributed by atoms with Gasteiger partial charge in [-0.25, -0.2) is 0 Å². The number of hydrogen-bond acceptors (Lipinski definition) is 3. The van der Waals surface area contributed by atoms with Crippen molar-refractivity contribution in [3.63, 3.8) is 0 Å². The van der Waals surface area contributed by atoms with Crippen LogP contribution >= 0.6 is 0 Å². The Morgan fingerprint density at radius 2 is 2.10 bits per heavy atom. The molecule has 1 amide bonds. The van der Waals surface area contributed by atoms with Crippen molar-refractivity contribution in [1.29, 1.82) is 0 Å². The van der Waals surface area contributed by atoms with Crippen molar-refractivity contribution >= 4 is 11.6 Å². The summed E-state index contributed by atoms with van der Waals surface area (Å²) >= 11 is 0. The number of carbonyl (C=O) groups is 1. The second kappa shape index (κ2) is 6.27. The Kier molecular flexibility index (Phi) is 4.65. The van der Waals surface area contributed by atoms with Crippen molar-refractivity contribution in [2.45, 2.75) is 39.2 Å². The molecule has 2 rings (SSSR count). The van der Waals surface area contributed by atoms with E-state index in [9.17, 15) is 4.79 Å². The molecule has 110 valence electrons. The molecule has 2 N–H and O–H groups in total. The van der Waals surface area contributed by atoms with Crippen LogP contribution in [0.3, 0.4) is 0 Å². The smallest absolute Gasteiger partial charge is 0.254 e. The molecule has 1 aromatic rings. The van der Waals surface area contributed by atoms with Crippen LogP contribution in [0.25, 0.3) is 0 Å². The van der Waals surface area contributed by atoms with Crippen molar-refractivity contribution in [2.75, 3.05) is 25.9 Å². The summed E-state index contributed by atoms with van der Waals surface area (Å²) in [5.41, 5.74) is 9.25. The lowest BCUT2D eigenvalue weighted by molar-refractivity contribution is -0.000201. The third-order valence-electron chi connectivity index (χ3n) is 3.94. The third kappa shape index (κ3) is 3.31. The predicted molar refractivity (Wildman–Crippen MR) is 80.9 cm³/mol. The first-order valence-corrected chi connectivity index (χ1v) is 7.23. The van der Waals surface area contributed by atoms with E-state index in [1.54, 1.807) is 11.0 Å². The molecule has 1 saturated heterocycles. The zero-order valence-electron chi connectivity index (χ0n) is 12.6. The number of carbonyl (C=O) groups excluding carboxylic acids is 1. The lowest BCUT2D eigenvalue weighted by atomic mass is 10.0. The zero-order valence-corrected chi connectivity index (χ0v) is 12.6. The second-order valence-corrected chi connectivity index (χ2v) is 5.70. The van der Waals surface area contributed by atoms with Gasteiger partial charge in [0.05, 0.1) is 6.10 Å². The Bertz CT molecular complexity index is 493. The second-order valence-electron chi connectivity index (χ2n) is 5.70. The van der Waals surface area contributed by atoms with E-state index in [1.165, 1.54) is 6.42 Å². The van der Waals surface area contributed by atoms with Crippen molar-refractivity contribution in [1.82, 2.24) is 4.90 Å². The topological polar surface area (TPSA) is 55.6 Å². The first-order valence-electron chi connectivity index (χ1n) is 7.23. The molecule has 1 aliphatic rings. The van der Waals surface area contributed by atoms with Gasteiger partial charge in [-0.15, -0.1) is 0 Å². The minimum Gasteiger partial charge on any atom is -0.398 e. The minimum absolute atomic E-state index is 0.0170. The number of ether oxygens (including phenoxy) is 1. The monoisotopic (exact) mass is 276 g/mol. The number of likely N-dealkylation sites (N-methyl/N-ethyl adjacent to an activating group) is 1. The number of nitrogens with two attached hydrogens (primary N) is 1. The molecule has 0 radical (unpaired) electrons. The summed E-state index contributed by atoms with van der Waals surface area (Å²) < 4.78 is 5.69. The molecule has 4 heteroatoms. The molecule has 0 spiro atoms. The summed E-state index contributed by atoms with van der Waals surface area (Å²) in [6, 6.07) is 3.75. The van der Waals surface area contributed by atoms with Crippen LogP contribution < -0.4 is 5.73 Å². The Morgan fingerprint density at radius 1 is 1.35 bits per heavy atom. The largest absolute Gasteiger partial charge is 0.398 e. The maximum atomic E-state index is 12.5. The highest BCUT2D eigenvalue weighted by Crippen LogP contribution is 2.20. The molecule has 0 saturated carbocycles. The number of aryl methyl sites for hydroxylation is 2. The van der Waals surface area contributed by atoms with Gasteiger partial charge in [-0.05, 0) is 50.3 Å². The van der Waals surface area contributed by atoms with Gasteiger partial charge in [-0.1, -0.05) is 6.07 Å². The maximum Gasteiger partial charge on any atom is 0.254 e. The number of benzene rings is 1. The van der Waals surface area contributed by atoms with E-state index in [0.29, 0.717) is 17.8 Å². The average Bonchev–Trinajstić information content (AvgIpc) is 2.43. The number of nitrogens with zero attached hydrogens (tertiary/aromatic N) is 1. The highest BCUT2D eigenvalue weighted by Gasteiger charge is 2.21. The van der Waals surface area contributed by atoms with Gasteiger partial charge in [0.2, 0.25) is 0 Å². The lowest BCUT2D eigenvalue weighted by Gasteiger charge is -2.28.